The summed E-state index contributed by atoms with van der Waals surface area (Å²) in [6.45, 7) is 0.326. The van der Waals surface area contributed by atoms with Crippen LogP contribution in [0.4, 0.5) is 11.4 Å². The van der Waals surface area contributed by atoms with E-state index in [1.54, 1.807) is 19.0 Å². The Bertz CT molecular complexity index is 1940. The molecule has 5 aromatic rings. The molecule has 3 heterocycles. The Kier molecular flexibility index (Phi) is 7.76. The molecule has 0 fully saturated rings. The minimum absolute atomic E-state index is 0.00942. The quantitative estimate of drug-likeness (QED) is 0.221. The van der Waals surface area contributed by atoms with Crippen LogP contribution in [0.2, 0.25) is 0 Å². The van der Waals surface area contributed by atoms with Gasteiger partial charge in [-0.2, -0.15) is 0 Å². The number of sulfonamides is 1. The van der Waals surface area contributed by atoms with Crippen molar-refractivity contribution in [3.63, 3.8) is 0 Å². The summed E-state index contributed by atoms with van der Waals surface area (Å²) < 4.78 is 27.6. The summed E-state index contributed by atoms with van der Waals surface area (Å²) in [6, 6.07) is 23.8. The van der Waals surface area contributed by atoms with Crippen LogP contribution < -0.4 is 9.21 Å². The van der Waals surface area contributed by atoms with Crippen molar-refractivity contribution in [3.8, 4) is 22.3 Å². The third-order valence-corrected chi connectivity index (χ3v) is 11.5. The number of carbonyl (C=O) groups excluding carboxylic acids is 1. The van der Waals surface area contributed by atoms with Crippen molar-refractivity contribution in [2.45, 2.75) is 11.0 Å². The summed E-state index contributed by atoms with van der Waals surface area (Å²) in [5, 5.41) is 3.67. The fourth-order valence-corrected chi connectivity index (χ4v) is 8.30. The maximum atomic E-state index is 13.4. The van der Waals surface area contributed by atoms with Crippen LogP contribution in [0.25, 0.3) is 44.2 Å². The van der Waals surface area contributed by atoms with Crippen molar-refractivity contribution in [2.24, 2.45) is 0 Å². The summed E-state index contributed by atoms with van der Waals surface area (Å²) in [7, 11) is 3.60. The van der Waals surface area contributed by atoms with E-state index in [4.69, 9.17) is 4.98 Å². The van der Waals surface area contributed by atoms with Gasteiger partial charge in [0.15, 0.2) is 0 Å². The first-order chi connectivity index (χ1) is 20.6. The van der Waals surface area contributed by atoms with Gasteiger partial charge in [-0.05, 0) is 67.4 Å². The van der Waals surface area contributed by atoms with Gasteiger partial charge in [-0.3, -0.25) is 9.10 Å². The second kappa shape index (κ2) is 11.5. The van der Waals surface area contributed by atoms with Crippen LogP contribution in [0.5, 0.6) is 0 Å². The highest BCUT2D eigenvalue weighted by Gasteiger charge is 2.31. The van der Waals surface area contributed by atoms with E-state index in [1.807, 2.05) is 97.3 Å². The van der Waals surface area contributed by atoms with Gasteiger partial charge in [0.25, 0.3) is 0 Å². The molecule has 1 N–H and O–H groups in total. The number of thioether (sulfide) groups is 1. The van der Waals surface area contributed by atoms with Crippen molar-refractivity contribution in [1.29, 1.82) is 0 Å². The smallest absolute Gasteiger partial charge is 0.247 e. The van der Waals surface area contributed by atoms with E-state index in [1.165, 1.54) is 16.1 Å². The minimum atomic E-state index is -3.56. The number of aromatic amines is 1. The third-order valence-electron chi connectivity index (χ3n) is 7.79. The SMILES string of the molecule is CN(C)CC(=O)N(C)c1ccc(-c2cnc3[nH]c4ccc(N(C)S(=O)(=O)C5CC=CS5)cc4c3c2-c2ccccc2)cc1. The second-order valence-electron chi connectivity index (χ2n) is 10.9. The van der Waals surface area contributed by atoms with Crippen LogP contribution in [-0.4, -0.2) is 68.5 Å². The minimum Gasteiger partial charge on any atom is -0.339 e. The first-order valence-electron chi connectivity index (χ1n) is 13.9. The van der Waals surface area contributed by atoms with Gasteiger partial charge in [-0.15, -0.1) is 11.8 Å². The molecule has 3 aromatic carbocycles. The molecule has 0 radical (unpaired) electrons. The molecule has 6 rings (SSSR count). The highest BCUT2D eigenvalue weighted by molar-refractivity contribution is 8.15. The topological polar surface area (TPSA) is 89.6 Å². The number of hydrogen-bond acceptors (Lipinski definition) is 6. The zero-order valence-corrected chi connectivity index (χ0v) is 26.1. The van der Waals surface area contributed by atoms with Crippen molar-refractivity contribution >= 4 is 61.0 Å². The molecule has 1 amide bonds. The maximum Gasteiger partial charge on any atom is 0.247 e. The predicted octanol–water partition coefficient (Wildman–Crippen LogP) is 6.32. The number of fused-ring (bicyclic) bond motifs is 3. The van der Waals surface area contributed by atoms with E-state index in [0.29, 0.717) is 18.7 Å². The second-order valence-corrected chi connectivity index (χ2v) is 14.5. The molecule has 1 atom stereocenters. The number of anilines is 2. The number of aromatic nitrogens is 2. The zero-order valence-electron chi connectivity index (χ0n) is 24.5. The lowest BCUT2D eigenvalue weighted by molar-refractivity contribution is -0.118. The first kappa shape index (κ1) is 29.0. The lowest BCUT2D eigenvalue weighted by Crippen LogP contribution is -2.34. The molecule has 0 spiro atoms. The van der Waals surface area contributed by atoms with Crippen molar-refractivity contribution in [2.75, 3.05) is 43.9 Å². The third kappa shape index (κ3) is 5.42. The number of hydrogen-bond donors (Lipinski definition) is 1. The van der Waals surface area contributed by atoms with E-state index in [0.717, 1.165) is 49.9 Å². The summed E-state index contributed by atoms with van der Waals surface area (Å²) in [6.07, 6.45) is 4.27. The van der Waals surface area contributed by atoms with Crippen molar-refractivity contribution < 1.29 is 13.2 Å². The van der Waals surface area contributed by atoms with Crippen LogP contribution in [-0.2, 0) is 14.8 Å². The van der Waals surface area contributed by atoms with E-state index in [9.17, 15) is 13.2 Å². The molecule has 1 aliphatic rings. The summed E-state index contributed by atoms with van der Waals surface area (Å²) in [5.74, 6) is 0.00942. The van der Waals surface area contributed by atoms with Crippen LogP contribution in [0, 0.1) is 0 Å². The molecule has 10 heteroatoms. The molecular weight excluding hydrogens is 579 g/mol. The predicted molar refractivity (Wildman–Crippen MR) is 179 cm³/mol. The molecule has 1 aliphatic heterocycles. The molecular formula is C33H33N5O3S2. The maximum absolute atomic E-state index is 13.4. The van der Waals surface area contributed by atoms with E-state index < -0.39 is 14.6 Å². The normalized spacial score (nSPS) is 15.0. The van der Waals surface area contributed by atoms with E-state index >= 15 is 0 Å². The zero-order chi connectivity index (χ0) is 30.3. The summed E-state index contributed by atoms with van der Waals surface area (Å²) in [5.41, 5.74) is 6.92. The largest absolute Gasteiger partial charge is 0.339 e. The summed E-state index contributed by atoms with van der Waals surface area (Å²) >= 11 is 1.34. The Balaban J connectivity index is 1.49. The Hall–Kier alpha value is -4.12. The number of amides is 1. The van der Waals surface area contributed by atoms with Crippen molar-refractivity contribution in [1.82, 2.24) is 14.9 Å². The van der Waals surface area contributed by atoms with Gasteiger partial charge in [0, 0.05) is 53.4 Å². The number of nitrogens with zero attached hydrogens (tertiary/aromatic N) is 4. The molecule has 8 nitrogen and oxygen atoms in total. The molecule has 0 bridgehead atoms. The van der Waals surface area contributed by atoms with Gasteiger partial charge in [-0.1, -0.05) is 48.5 Å². The fourth-order valence-electron chi connectivity index (χ4n) is 5.43. The number of rotatable bonds is 8. The fraction of sp³-hybridized carbons (Fsp3) is 0.212. The van der Waals surface area contributed by atoms with E-state index in [-0.39, 0.29) is 5.91 Å². The molecule has 0 aliphatic carbocycles. The van der Waals surface area contributed by atoms with Crippen LogP contribution >= 0.6 is 11.8 Å². The number of likely N-dealkylation sites (N-methyl/N-ethyl adjacent to an activating group) is 2. The van der Waals surface area contributed by atoms with E-state index in [2.05, 4.69) is 17.1 Å². The van der Waals surface area contributed by atoms with Gasteiger partial charge in [0.2, 0.25) is 15.9 Å². The Morgan fingerprint density at radius 1 is 0.953 bits per heavy atom. The highest BCUT2D eigenvalue weighted by atomic mass is 32.3. The number of carbonyl (C=O) groups is 1. The Morgan fingerprint density at radius 2 is 1.67 bits per heavy atom. The average molecular weight is 612 g/mol. The first-order valence-corrected chi connectivity index (χ1v) is 16.4. The number of pyridine rings is 1. The summed E-state index contributed by atoms with van der Waals surface area (Å²) in [4.78, 5) is 24.4. The Morgan fingerprint density at radius 3 is 2.35 bits per heavy atom. The van der Waals surface area contributed by atoms with Crippen molar-refractivity contribution in [3.05, 3.63) is 90.5 Å². The van der Waals surface area contributed by atoms with Crippen LogP contribution in [0.1, 0.15) is 6.42 Å². The standard InChI is InChI=1S/C33H33N5O3S2/c1-36(2)21-29(39)37(3)24-14-12-22(13-15-24)27-20-34-33-32(31(27)23-9-6-5-7-10-23)26-19-25(16-17-28(26)35-33)38(4)43(40,41)30-11-8-18-42-30/h5-10,12-20,30H,11,21H2,1-4H3,(H,34,35). The molecule has 0 saturated carbocycles. The van der Waals surface area contributed by atoms with Gasteiger partial charge in [0.05, 0.1) is 12.2 Å². The lowest BCUT2D eigenvalue weighted by Gasteiger charge is -2.23. The van der Waals surface area contributed by atoms with Gasteiger partial charge in [-0.25, -0.2) is 13.4 Å². The number of benzene rings is 3. The number of H-pyrrole nitrogens is 1. The number of allylic oxidation sites excluding steroid dienone is 1. The van der Waals surface area contributed by atoms with Gasteiger partial charge >= 0.3 is 0 Å². The monoisotopic (exact) mass is 611 g/mol. The van der Waals surface area contributed by atoms with Gasteiger partial charge in [0.1, 0.15) is 10.2 Å². The molecule has 2 aromatic heterocycles. The average Bonchev–Trinajstić information content (AvgIpc) is 3.69. The highest BCUT2D eigenvalue weighted by Crippen LogP contribution is 2.42. The number of nitrogens with one attached hydrogen (secondary N) is 1. The molecule has 43 heavy (non-hydrogen) atoms. The van der Waals surface area contributed by atoms with Gasteiger partial charge < -0.3 is 14.8 Å². The van der Waals surface area contributed by atoms with Crippen LogP contribution in [0.15, 0.2) is 90.5 Å². The molecule has 0 saturated heterocycles. The van der Waals surface area contributed by atoms with Crippen LogP contribution in [0.3, 0.4) is 0 Å². The lowest BCUT2D eigenvalue weighted by atomic mass is 9.92. The Labute approximate surface area is 256 Å². The molecule has 220 valence electrons. The molecule has 1 unspecified atom stereocenters.